The van der Waals surface area contributed by atoms with E-state index in [4.69, 9.17) is 15.2 Å². The largest absolute Gasteiger partial charge is 0.487 e. The molecular weight excluding hydrogens is 298 g/mol. The van der Waals surface area contributed by atoms with E-state index in [1.54, 1.807) is 21.7 Å². The fourth-order valence-corrected chi connectivity index (χ4v) is 2.46. The van der Waals surface area contributed by atoms with Crippen LogP contribution in [0.4, 0.5) is 10.7 Å². The Hall–Kier alpha value is -2.51. The maximum absolute atomic E-state index is 12.0. The van der Waals surface area contributed by atoms with Crippen molar-refractivity contribution >= 4 is 17.7 Å². The lowest BCUT2D eigenvalue weighted by Gasteiger charge is -2.24. The first-order valence-corrected chi connectivity index (χ1v) is 7.57. The number of anilines is 1. The monoisotopic (exact) mass is 319 g/mol. The summed E-state index contributed by atoms with van der Waals surface area (Å²) in [6, 6.07) is 3.61. The number of nitrogen functional groups attached to an aromatic ring is 1. The van der Waals surface area contributed by atoms with E-state index in [9.17, 15) is 4.79 Å². The number of hydrogen-bond donors (Lipinski definition) is 1. The summed E-state index contributed by atoms with van der Waals surface area (Å²) in [5.74, 6) is 0.887. The van der Waals surface area contributed by atoms with Crippen LogP contribution >= 0.6 is 0 Å². The molecule has 0 radical (unpaired) electrons. The van der Waals surface area contributed by atoms with Gasteiger partial charge in [-0.2, -0.15) is 4.98 Å². The Balaban J connectivity index is 1.61. The van der Waals surface area contributed by atoms with Crippen molar-refractivity contribution in [3.8, 4) is 5.75 Å². The van der Waals surface area contributed by atoms with Gasteiger partial charge in [-0.25, -0.2) is 9.31 Å². The number of nitrogens with zero attached hydrogens (tertiary/aromatic N) is 4. The quantitative estimate of drug-likeness (QED) is 0.905. The normalized spacial score (nSPS) is 18.4. The van der Waals surface area contributed by atoms with Gasteiger partial charge in [0.15, 0.2) is 5.65 Å². The first-order chi connectivity index (χ1) is 10.8. The zero-order valence-electron chi connectivity index (χ0n) is 13.5. The molecular formula is C15H21N5O3. The van der Waals surface area contributed by atoms with Crippen molar-refractivity contribution in [3.63, 3.8) is 0 Å². The number of rotatable bonds is 2. The molecule has 1 saturated heterocycles. The molecule has 1 atom stereocenters. The van der Waals surface area contributed by atoms with Gasteiger partial charge in [-0.3, -0.25) is 0 Å². The van der Waals surface area contributed by atoms with E-state index >= 15 is 0 Å². The van der Waals surface area contributed by atoms with E-state index in [-0.39, 0.29) is 18.1 Å². The number of hydrogen-bond acceptors (Lipinski definition) is 6. The summed E-state index contributed by atoms with van der Waals surface area (Å²) in [5.41, 5.74) is 5.74. The van der Waals surface area contributed by atoms with Crippen molar-refractivity contribution in [1.29, 1.82) is 0 Å². The van der Waals surface area contributed by atoms with Crippen LogP contribution in [0.1, 0.15) is 27.2 Å². The highest BCUT2D eigenvalue weighted by atomic mass is 16.6. The maximum Gasteiger partial charge on any atom is 0.410 e. The van der Waals surface area contributed by atoms with E-state index in [0.717, 1.165) is 6.42 Å². The SMILES string of the molecule is CC(C)(C)OC(=O)N1CCC(Oc2ccc3nc(N)nn3c2)C1. The average Bonchev–Trinajstić information content (AvgIpc) is 3.02. The molecule has 2 aromatic heterocycles. The zero-order chi connectivity index (χ0) is 16.6. The number of carbonyl (C=O) groups is 1. The Morgan fingerprint density at radius 3 is 2.91 bits per heavy atom. The highest BCUT2D eigenvalue weighted by molar-refractivity contribution is 5.68. The van der Waals surface area contributed by atoms with Gasteiger partial charge in [-0.05, 0) is 32.9 Å². The van der Waals surface area contributed by atoms with Crippen molar-refractivity contribution in [2.75, 3.05) is 18.8 Å². The fourth-order valence-electron chi connectivity index (χ4n) is 2.46. The molecule has 0 spiro atoms. The summed E-state index contributed by atoms with van der Waals surface area (Å²) in [7, 11) is 0. The predicted octanol–water partition coefficient (Wildman–Crippen LogP) is 1.70. The van der Waals surface area contributed by atoms with Crippen molar-refractivity contribution in [2.45, 2.75) is 38.9 Å². The standard InChI is InChI=1S/C15H21N5O3/c1-15(2,3)23-14(21)19-7-6-11(8-19)22-10-4-5-12-17-13(16)18-20(12)9-10/h4-5,9,11H,6-8H2,1-3H3,(H2,16,18). The lowest BCUT2D eigenvalue weighted by Crippen LogP contribution is -2.36. The van der Waals surface area contributed by atoms with Gasteiger partial charge in [-0.1, -0.05) is 0 Å². The minimum Gasteiger partial charge on any atom is -0.487 e. The minimum atomic E-state index is -0.492. The van der Waals surface area contributed by atoms with Gasteiger partial charge in [0.2, 0.25) is 5.95 Å². The number of ether oxygens (including phenoxy) is 2. The molecule has 1 fully saturated rings. The Bertz CT molecular complexity index is 721. The number of nitrogens with two attached hydrogens (primary N) is 1. The molecule has 3 rings (SSSR count). The van der Waals surface area contributed by atoms with Crippen LogP contribution in [0.25, 0.3) is 5.65 Å². The molecule has 1 aliphatic rings. The summed E-state index contributed by atoms with van der Waals surface area (Å²) in [4.78, 5) is 17.8. The molecule has 2 aromatic rings. The van der Waals surface area contributed by atoms with Crippen LogP contribution < -0.4 is 10.5 Å². The van der Waals surface area contributed by atoms with Gasteiger partial charge in [0.05, 0.1) is 12.7 Å². The van der Waals surface area contributed by atoms with Crippen LogP contribution in [0.5, 0.6) is 5.75 Å². The molecule has 0 bridgehead atoms. The van der Waals surface area contributed by atoms with Crippen molar-refractivity contribution < 1.29 is 14.3 Å². The summed E-state index contributed by atoms with van der Waals surface area (Å²) >= 11 is 0. The van der Waals surface area contributed by atoms with Crippen LogP contribution in [0.3, 0.4) is 0 Å². The molecule has 0 aliphatic carbocycles. The number of pyridine rings is 1. The van der Waals surface area contributed by atoms with E-state index in [2.05, 4.69) is 10.1 Å². The van der Waals surface area contributed by atoms with E-state index in [1.165, 1.54) is 0 Å². The average molecular weight is 319 g/mol. The Kier molecular flexibility index (Phi) is 3.75. The smallest absolute Gasteiger partial charge is 0.410 e. The Morgan fingerprint density at radius 1 is 1.39 bits per heavy atom. The highest BCUT2D eigenvalue weighted by Crippen LogP contribution is 2.21. The zero-order valence-corrected chi connectivity index (χ0v) is 13.5. The van der Waals surface area contributed by atoms with Crippen LogP contribution in [0.15, 0.2) is 18.3 Å². The van der Waals surface area contributed by atoms with Gasteiger partial charge in [0.1, 0.15) is 17.5 Å². The van der Waals surface area contributed by atoms with Crippen LogP contribution in [-0.2, 0) is 4.74 Å². The van der Waals surface area contributed by atoms with Gasteiger partial charge in [0.25, 0.3) is 0 Å². The highest BCUT2D eigenvalue weighted by Gasteiger charge is 2.30. The van der Waals surface area contributed by atoms with Gasteiger partial charge in [-0.15, -0.1) is 5.10 Å². The van der Waals surface area contributed by atoms with Crippen LogP contribution in [0.2, 0.25) is 0 Å². The molecule has 1 aliphatic heterocycles. The lowest BCUT2D eigenvalue weighted by molar-refractivity contribution is 0.0275. The van der Waals surface area contributed by atoms with E-state index in [1.807, 2.05) is 26.8 Å². The molecule has 3 heterocycles. The summed E-state index contributed by atoms with van der Waals surface area (Å²) < 4.78 is 12.9. The molecule has 2 N–H and O–H groups in total. The molecule has 8 nitrogen and oxygen atoms in total. The van der Waals surface area contributed by atoms with Crippen LogP contribution in [-0.4, -0.2) is 50.4 Å². The third kappa shape index (κ3) is 3.64. The second kappa shape index (κ2) is 5.60. The fraction of sp³-hybridized carbons (Fsp3) is 0.533. The van der Waals surface area contributed by atoms with Gasteiger partial charge >= 0.3 is 6.09 Å². The predicted molar refractivity (Wildman–Crippen MR) is 84.2 cm³/mol. The molecule has 0 saturated carbocycles. The second-order valence-electron chi connectivity index (χ2n) is 6.59. The summed E-state index contributed by atoms with van der Waals surface area (Å²) in [5, 5.41) is 4.05. The van der Waals surface area contributed by atoms with Crippen molar-refractivity contribution in [1.82, 2.24) is 19.5 Å². The van der Waals surface area contributed by atoms with Gasteiger partial charge < -0.3 is 20.1 Å². The Labute approximate surface area is 134 Å². The molecule has 1 unspecified atom stereocenters. The third-order valence-corrected chi connectivity index (χ3v) is 3.42. The first-order valence-electron chi connectivity index (χ1n) is 7.57. The van der Waals surface area contributed by atoms with E-state index in [0.29, 0.717) is 24.5 Å². The molecule has 23 heavy (non-hydrogen) atoms. The van der Waals surface area contributed by atoms with Crippen LogP contribution in [0, 0.1) is 0 Å². The number of amides is 1. The third-order valence-electron chi connectivity index (χ3n) is 3.42. The minimum absolute atomic E-state index is 0.0687. The van der Waals surface area contributed by atoms with Crippen molar-refractivity contribution in [2.24, 2.45) is 0 Å². The molecule has 1 amide bonds. The molecule has 0 aromatic carbocycles. The van der Waals surface area contributed by atoms with E-state index < -0.39 is 5.60 Å². The molecule has 8 heteroatoms. The molecule has 124 valence electrons. The maximum atomic E-state index is 12.0. The summed E-state index contributed by atoms with van der Waals surface area (Å²) in [6.07, 6.45) is 2.12. The first kappa shape index (κ1) is 15.4. The number of fused-ring (bicyclic) bond motifs is 1. The summed E-state index contributed by atoms with van der Waals surface area (Å²) in [6.45, 7) is 6.69. The van der Waals surface area contributed by atoms with Crippen molar-refractivity contribution in [3.05, 3.63) is 18.3 Å². The number of likely N-dealkylation sites (tertiary alicyclic amines) is 1. The number of aromatic nitrogens is 3. The Morgan fingerprint density at radius 2 is 2.17 bits per heavy atom. The lowest BCUT2D eigenvalue weighted by atomic mass is 10.2. The second-order valence-corrected chi connectivity index (χ2v) is 6.59. The topological polar surface area (TPSA) is 95.0 Å². The van der Waals surface area contributed by atoms with Gasteiger partial charge in [0, 0.05) is 13.0 Å². The number of carbonyl (C=O) groups excluding carboxylic acids is 1.